The van der Waals surface area contributed by atoms with E-state index in [-0.39, 0.29) is 35.7 Å². The van der Waals surface area contributed by atoms with E-state index in [0.717, 1.165) is 18.5 Å². The monoisotopic (exact) mass is 605 g/mol. The normalized spacial score (nSPS) is 31.9. The van der Waals surface area contributed by atoms with E-state index in [2.05, 4.69) is 34.6 Å². The topological polar surface area (TPSA) is 90.4 Å². The van der Waals surface area contributed by atoms with E-state index < -0.39 is 40.7 Å². The van der Waals surface area contributed by atoms with Crippen LogP contribution in [-0.4, -0.2) is 81.1 Å². The van der Waals surface area contributed by atoms with Crippen LogP contribution in [0.1, 0.15) is 74.7 Å². The van der Waals surface area contributed by atoms with E-state index in [4.69, 9.17) is 4.74 Å². The molecule has 4 aliphatic rings. The molecular weight excluding hydrogens is 554 g/mol. The van der Waals surface area contributed by atoms with Crippen molar-refractivity contribution in [3.63, 3.8) is 0 Å². The molecule has 8 heteroatoms. The Hall–Kier alpha value is -2.97. The van der Waals surface area contributed by atoms with Gasteiger partial charge in [-0.25, -0.2) is 0 Å². The molecule has 0 aromatic heterocycles. The van der Waals surface area contributed by atoms with Crippen LogP contribution in [0.5, 0.6) is 0 Å². The number of carbonyl (C=O) groups is 3. The molecule has 1 aromatic carbocycles. The molecule has 0 bridgehead atoms. The Morgan fingerprint density at radius 2 is 1.59 bits per heavy atom. The number of hydrogen-bond donors (Lipinski definition) is 1. The fourth-order valence-electron chi connectivity index (χ4n) is 8.65. The Labute approximate surface area is 263 Å². The van der Waals surface area contributed by atoms with Gasteiger partial charge in [-0.2, -0.15) is 0 Å². The van der Waals surface area contributed by atoms with Crippen LogP contribution in [0.3, 0.4) is 0 Å². The van der Waals surface area contributed by atoms with Crippen molar-refractivity contribution in [1.82, 2.24) is 9.80 Å². The summed E-state index contributed by atoms with van der Waals surface area (Å²) in [4.78, 5) is 49.9. The highest BCUT2D eigenvalue weighted by Gasteiger charge is 2.76. The number of aliphatic hydroxyl groups is 1. The lowest BCUT2D eigenvalue weighted by atomic mass is 9.72. The van der Waals surface area contributed by atoms with E-state index in [1.54, 1.807) is 9.80 Å². The molecule has 0 radical (unpaired) electrons. The zero-order valence-electron chi connectivity index (χ0n) is 27.7. The minimum Gasteiger partial charge on any atom is -0.394 e. The minimum atomic E-state index is -1.36. The van der Waals surface area contributed by atoms with Crippen LogP contribution in [0.25, 0.3) is 0 Å². The lowest BCUT2D eigenvalue weighted by Gasteiger charge is -2.46. The Kier molecular flexibility index (Phi) is 8.43. The average molecular weight is 606 g/mol. The smallest absolute Gasteiger partial charge is 0.249 e. The van der Waals surface area contributed by atoms with Crippen LogP contribution in [-0.2, 0) is 19.1 Å². The van der Waals surface area contributed by atoms with Crippen molar-refractivity contribution in [3.05, 3.63) is 54.6 Å². The predicted molar refractivity (Wildman–Crippen MR) is 172 cm³/mol. The van der Waals surface area contributed by atoms with E-state index in [1.165, 1.54) is 0 Å². The number of benzene rings is 1. The fourth-order valence-corrected chi connectivity index (χ4v) is 8.65. The van der Waals surface area contributed by atoms with E-state index in [1.807, 2.05) is 80.3 Å². The molecule has 4 heterocycles. The van der Waals surface area contributed by atoms with E-state index in [9.17, 15) is 14.7 Å². The van der Waals surface area contributed by atoms with Crippen LogP contribution >= 0.6 is 0 Å². The first kappa shape index (κ1) is 32.4. The molecule has 0 aliphatic carbocycles. The second kappa shape index (κ2) is 11.4. The summed E-state index contributed by atoms with van der Waals surface area (Å²) in [5.74, 6) is -2.50. The Bertz CT molecular complexity index is 1330. The lowest BCUT2D eigenvalue weighted by molar-refractivity contribution is -0.160. The van der Waals surface area contributed by atoms with Gasteiger partial charge in [-0.05, 0) is 50.2 Å². The molecule has 1 spiro atoms. The summed E-state index contributed by atoms with van der Waals surface area (Å²) in [6.45, 7) is 17.1. The summed E-state index contributed by atoms with van der Waals surface area (Å²) < 4.78 is 7.16. The molecule has 3 amide bonds. The molecule has 4 aliphatic heterocycles. The molecule has 2 fully saturated rings. The van der Waals surface area contributed by atoms with E-state index >= 15 is 4.79 Å². The summed E-state index contributed by atoms with van der Waals surface area (Å²) in [6.07, 6.45) is 9.73. The third-order valence-electron chi connectivity index (χ3n) is 10.5. The van der Waals surface area contributed by atoms with Gasteiger partial charge in [0.25, 0.3) is 0 Å². The van der Waals surface area contributed by atoms with Crippen LogP contribution in [0.2, 0.25) is 0 Å². The largest absolute Gasteiger partial charge is 0.394 e. The Morgan fingerprint density at radius 3 is 2.18 bits per heavy atom. The highest BCUT2D eigenvalue weighted by atomic mass is 16.5. The van der Waals surface area contributed by atoms with Crippen LogP contribution in [0.15, 0.2) is 54.6 Å². The zero-order chi connectivity index (χ0) is 32.2. The highest BCUT2D eigenvalue weighted by molar-refractivity contribution is 6.04. The lowest BCUT2D eigenvalue weighted by Crippen LogP contribution is -2.62. The Balaban J connectivity index is 1.70. The van der Waals surface area contributed by atoms with Crippen LogP contribution in [0.4, 0.5) is 5.69 Å². The summed E-state index contributed by atoms with van der Waals surface area (Å²) in [5, 5.41) is 10.7. The van der Waals surface area contributed by atoms with Crippen LogP contribution in [0, 0.1) is 23.2 Å². The fraction of sp³-hybridized carbons (Fsp3) is 0.639. The molecule has 7 atom stereocenters. The van der Waals surface area contributed by atoms with Gasteiger partial charge in [0.1, 0.15) is 11.6 Å². The SMILES string of the molecule is CC[C@H](C)[C@H](CO)N1C(=O)[C@@H]2[C@@H]3C(=O)N(c4ccccc4)CC=C[C@]3(CC)O[C@@]23C=CCN(C(C)(C)CC(C)(C)C)C(=O)C13. The van der Waals surface area contributed by atoms with Crippen molar-refractivity contribution in [1.29, 1.82) is 0 Å². The number of likely N-dealkylation sites (tertiary alicyclic amines) is 1. The predicted octanol–water partition coefficient (Wildman–Crippen LogP) is 4.97. The van der Waals surface area contributed by atoms with Gasteiger partial charge in [-0.15, -0.1) is 0 Å². The first-order chi connectivity index (χ1) is 20.7. The molecule has 1 N–H and O–H groups in total. The number of carbonyl (C=O) groups excluding carboxylic acids is 3. The molecule has 0 saturated carbocycles. The van der Waals surface area contributed by atoms with Crippen molar-refractivity contribution in [3.8, 4) is 0 Å². The van der Waals surface area contributed by atoms with Gasteiger partial charge in [0.15, 0.2) is 0 Å². The molecule has 1 unspecified atom stereocenters. The number of para-hydroxylation sites is 1. The number of ether oxygens (including phenoxy) is 1. The van der Waals surface area contributed by atoms with Gasteiger partial charge in [-0.1, -0.05) is 90.5 Å². The number of aliphatic hydroxyl groups excluding tert-OH is 1. The number of anilines is 1. The number of fused-ring (bicyclic) bond motifs is 2. The maximum atomic E-state index is 15.0. The van der Waals surface area contributed by atoms with Gasteiger partial charge < -0.3 is 24.5 Å². The first-order valence-electron chi connectivity index (χ1n) is 16.3. The number of hydrogen-bond acceptors (Lipinski definition) is 5. The summed E-state index contributed by atoms with van der Waals surface area (Å²) >= 11 is 0. The quantitative estimate of drug-likeness (QED) is 0.423. The average Bonchev–Trinajstić information content (AvgIpc) is 3.24. The summed E-state index contributed by atoms with van der Waals surface area (Å²) in [5.41, 5.74) is -2.23. The molecule has 240 valence electrons. The van der Waals surface area contributed by atoms with Crippen molar-refractivity contribution in [2.75, 3.05) is 24.6 Å². The third kappa shape index (κ3) is 5.02. The van der Waals surface area contributed by atoms with Gasteiger partial charge in [0, 0.05) is 24.3 Å². The van der Waals surface area contributed by atoms with Gasteiger partial charge >= 0.3 is 0 Å². The maximum Gasteiger partial charge on any atom is 0.249 e. The van der Waals surface area contributed by atoms with Crippen molar-refractivity contribution >= 4 is 23.4 Å². The first-order valence-corrected chi connectivity index (χ1v) is 16.3. The standard InChI is InChI=1S/C36H51N3O5/c1-9-24(3)26(22-40)39-29-32(43)38(34(7,8)23-33(4,5)6)21-15-19-36(29)28(31(39)42)27-30(41)37(25-16-12-11-13-17-25)20-14-18-35(27,10-2)44-36/h11-19,24,26-29,40H,9-10,20-23H2,1-8H3/t24-,26-,27+,28-,29?,35-,36-/m0/s1. The van der Waals surface area contributed by atoms with Crippen molar-refractivity contribution in [2.24, 2.45) is 23.2 Å². The minimum absolute atomic E-state index is 0.0446. The number of rotatable bonds is 8. The molecule has 5 rings (SSSR count). The van der Waals surface area contributed by atoms with Gasteiger partial charge in [0.05, 0.1) is 30.1 Å². The number of amides is 3. The van der Waals surface area contributed by atoms with Gasteiger partial charge in [0.2, 0.25) is 17.7 Å². The molecule has 8 nitrogen and oxygen atoms in total. The Morgan fingerprint density at radius 1 is 0.932 bits per heavy atom. The third-order valence-corrected chi connectivity index (χ3v) is 10.5. The highest BCUT2D eigenvalue weighted by Crippen LogP contribution is 2.59. The van der Waals surface area contributed by atoms with Crippen molar-refractivity contribution < 1.29 is 24.2 Å². The number of nitrogens with zero attached hydrogens (tertiary/aromatic N) is 3. The molecular formula is C36H51N3O5. The van der Waals surface area contributed by atoms with E-state index in [0.29, 0.717) is 19.5 Å². The maximum absolute atomic E-state index is 15.0. The molecule has 44 heavy (non-hydrogen) atoms. The molecule has 2 saturated heterocycles. The molecule has 1 aromatic rings. The van der Waals surface area contributed by atoms with Gasteiger partial charge in [-0.3, -0.25) is 14.4 Å². The zero-order valence-corrected chi connectivity index (χ0v) is 27.7. The second-order valence-electron chi connectivity index (χ2n) is 15.1. The van der Waals surface area contributed by atoms with Crippen LogP contribution < -0.4 is 4.90 Å². The second-order valence-corrected chi connectivity index (χ2v) is 15.1. The summed E-state index contributed by atoms with van der Waals surface area (Å²) in [6, 6.07) is 7.90. The summed E-state index contributed by atoms with van der Waals surface area (Å²) in [7, 11) is 0. The van der Waals surface area contributed by atoms with Crippen molar-refractivity contribution in [2.45, 2.75) is 103 Å².